The Balaban J connectivity index is 2.40. The largest absolute Gasteiger partial charge is 0.296 e. The normalized spacial score (nSPS) is 23.6. The van der Waals surface area contributed by atoms with E-state index < -0.39 is 0 Å². The highest BCUT2D eigenvalue weighted by Gasteiger charge is 2.38. The third-order valence-electron chi connectivity index (χ3n) is 3.73. The van der Waals surface area contributed by atoms with Crippen molar-refractivity contribution in [3.05, 3.63) is 33.8 Å². The second kappa shape index (κ2) is 5.45. The van der Waals surface area contributed by atoms with E-state index in [9.17, 15) is 9.59 Å². The summed E-state index contributed by atoms with van der Waals surface area (Å²) in [5.74, 6) is -0.266. The van der Waals surface area contributed by atoms with Gasteiger partial charge in [-0.05, 0) is 30.0 Å². The average Bonchev–Trinajstić information content (AvgIpc) is 2.31. The number of aryl methyl sites for hydroxylation is 1. The fourth-order valence-corrected chi connectivity index (χ4v) is 3.02. The smallest absolute Gasteiger partial charge is 0.230 e. The molecule has 0 aromatic heterocycles. The van der Waals surface area contributed by atoms with E-state index in [0.29, 0.717) is 6.42 Å². The minimum atomic E-state index is -0.174. The van der Waals surface area contributed by atoms with Crippen LogP contribution in [0.2, 0.25) is 0 Å². The van der Waals surface area contributed by atoms with Gasteiger partial charge in [0, 0.05) is 22.7 Å². The molecule has 3 nitrogen and oxygen atoms in total. The number of benzene rings is 1. The van der Waals surface area contributed by atoms with Gasteiger partial charge in [-0.1, -0.05) is 41.9 Å². The molecule has 2 atom stereocenters. The van der Waals surface area contributed by atoms with Gasteiger partial charge in [-0.15, -0.1) is 0 Å². The summed E-state index contributed by atoms with van der Waals surface area (Å²) in [6.07, 6.45) is 0.385. The number of hydrogen-bond donors (Lipinski definition) is 1. The number of nitrogens with one attached hydrogen (secondary N) is 1. The molecular weight excluding hydrogens is 306 g/mol. The molecule has 19 heavy (non-hydrogen) atoms. The van der Waals surface area contributed by atoms with Gasteiger partial charge in [0.25, 0.3) is 0 Å². The van der Waals surface area contributed by atoms with E-state index in [1.807, 2.05) is 32.9 Å². The lowest BCUT2D eigenvalue weighted by Gasteiger charge is -2.33. The van der Waals surface area contributed by atoms with Crippen LogP contribution in [-0.4, -0.2) is 11.8 Å². The van der Waals surface area contributed by atoms with E-state index in [4.69, 9.17) is 0 Å². The Kier molecular flexibility index (Phi) is 4.09. The van der Waals surface area contributed by atoms with E-state index in [-0.39, 0.29) is 29.6 Å². The van der Waals surface area contributed by atoms with Crippen molar-refractivity contribution in [3.63, 3.8) is 0 Å². The molecule has 2 rings (SSSR count). The molecule has 102 valence electrons. The Bertz CT molecular complexity index is 525. The van der Waals surface area contributed by atoms with Gasteiger partial charge < -0.3 is 0 Å². The van der Waals surface area contributed by atoms with Crippen molar-refractivity contribution in [1.82, 2.24) is 5.32 Å². The average molecular weight is 324 g/mol. The molecule has 0 aliphatic carbocycles. The highest BCUT2D eigenvalue weighted by atomic mass is 79.9. The number of amides is 2. The molecule has 1 saturated heterocycles. The van der Waals surface area contributed by atoms with Crippen LogP contribution in [0.4, 0.5) is 0 Å². The number of piperidine rings is 1. The molecule has 1 aliphatic rings. The molecule has 0 spiro atoms. The van der Waals surface area contributed by atoms with Gasteiger partial charge >= 0.3 is 0 Å². The summed E-state index contributed by atoms with van der Waals surface area (Å²) in [6.45, 7) is 6.07. The van der Waals surface area contributed by atoms with Crippen molar-refractivity contribution >= 4 is 27.7 Å². The molecule has 0 saturated carbocycles. The first-order chi connectivity index (χ1) is 8.90. The lowest BCUT2D eigenvalue weighted by Crippen LogP contribution is -2.46. The number of hydrogen-bond acceptors (Lipinski definition) is 2. The maximum Gasteiger partial charge on any atom is 0.230 e. The fraction of sp³-hybridized carbons (Fsp3) is 0.467. The highest BCUT2D eigenvalue weighted by molar-refractivity contribution is 9.10. The van der Waals surface area contributed by atoms with Gasteiger partial charge in [-0.25, -0.2) is 0 Å². The van der Waals surface area contributed by atoms with Crippen molar-refractivity contribution in [2.24, 2.45) is 11.8 Å². The molecule has 4 heteroatoms. The molecule has 2 unspecified atom stereocenters. The SMILES string of the molecule is Cc1cc(C2CC(=O)NC(=O)C2C(C)C)ccc1Br. The fourth-order valence-electron chi connectivity index (χ4n) is 2.77. The van der Waals surface area contributed by atoms with E-state index in [1.165, 1.54) is 0 Å². The maximum absolute atomic E-state index is 12.0. The number of rotatable bonds is 2. The van der Waals surface area contributed by atoms with Crippen molar-refractivity contribution < 1.29 is 9.59 Å². The van der Waals surface area contributed by atoms with E-state index in [2.05, 4.69) is 27.3 Å². The summed E-state index contributed by atoms with van der Waals surface area (Å²) in [5.41, 5.74) is 2.20. The quantitative estimate of drug-likeness (QED) is 0.850. The zero-order valence-electron chi connectivity index (χ0n) is 11.4. The van der Waals surface area contributed by atoms with Crippen molar-refractivity contribution in [2.75, 3.05) is 0 Å². The van der Waals surface area contributed by atoms with Crippen LogP contribution in [0.5, 0.6) is 0 Å². The van der Waals surface area contributed by atoms with Gasteiger partial charge in [0.2, 0.25) is 11.8 Å². The van der Waals surface area contributed by atoms with E-state index >= 15 is 0 Å². The number of imide groups is 1. The van der Waals surface area contributed by atoms with Gasteiger partial charge in [0.05, 0.1) is 0 Å². The first-order valence-corrected chi connectivity index (χ1v) is 7.29. The first-order valence-electron chi connectivity index (χ1n) is 6.50. The summed E-state index contributed by atoms with van der Waals surface area (Å²) in [6, 6.07) is 6.05. The second-order valence-electron chi connectivity index (χ2n) is 5.50. The predicted molar refractivity (Wildman–Crippen MR) is 77.7 cm³/mol. The van der Waals surface area contributed by atoms with Crippen molar-refractivity contribution in [3.8, 4) is 0 Å². The summed E-state index contributed by atoms with van der Waals surface area (Å²) >= 11 is 3.47. The molecule has 2 amide bonds. The summed E-state index contributed by atoms with van der Waals surface area (Å²) < 4.78 is 1.05. The Morgan fingerprint density at radius 2 is 2.00 bits per heavy atom. The monoisotopic (exact) mass is 323 g/mol. The third kappa shape index (κ3) is 2.89. The van der Waals surface area contributed by atoms with Crippen LogP contribution >= 0.6 is 15.9 Å². The highest BCUT2D eigenvalue weighted by Crippen LogP contribution is 2.37. The molecule has 0 bridgehead atoms. The predicted octanol–water partition coefficient (Wildman–Crippen LogP) is 3.16. The number of halogens is 1. The molecule has 1 aromatic rings. The third-order valence-corrected chi connectivity index (χ3v) is 4.62. The molecule has 1 heterocycles. The number of carbonyl (C=O) groups is 2. The Hall–Kier alpha value is -1.16. The Labute approximate surface area is 121 Å². The van der Waals surface area contributed by atoms with Crippen LogP contribution in [0.25, 0.3) is 0 Å². The van der Waals surface area contributed by atoms with E-state index in [0.717, 1.165) is 15.6 Å². The minimum Gasteiger partial charge on any atom is -0.296 e. The van der Waals surface area contributed by atoms with Crippen molar-refractivity contribution in [2.45, 2.75) is 33.1 Å². The maximum atomic E-state index is 12.0. The van der Waals surface area contributed by atoms with E-state index in [1.54, 1.807) is 0 Å². The molecule has 1 fully saturated rings. The Morgan fingerprint density at radius 3 is 2.58 bits per heavy atom. The van der Waals surface area contributed by atoms with Crippen LogP contribution in [-0.2, 0) is 9.59 Å². The summed E-state index contributed by atoms with van der Waals surface area (Å²) in [5, 5.41) is 2.45. The summed E-state index contributed by atoms with van der Waals surface area (Å²) in [7, 11) is 0. The van der Waals surface area contributed by atoms with Crippen LogP contribution in [0, 0.1) is 18.8 Å². The molecule has 1 aromatic carbocycles. The van der Waals surface area contributed by atoms with Gasteiger partial charge in [-0.3, -0.25) is 14.9 Å². The zero-order valence-corrected chi connectivity index (χ0v) is 13.0. The molecular formula is C15H18BrNO2. The van der Waals surface area contributed by atoms with Crippen LogP contribution in [0.1, 0.15) is 37.3 Å². The molecule has 0 radical (unpaired) electrons. The van der Waals surface area contributed by atoms with Crippen LogP contribution < -0.4 is 5.32 Å². The zero-order chi connectivity index (χ0) is 14.2. The lowest BCUT2D eigenvalue weighted by atomic mass is 9.74. The van der Waals surface area contributed by atoms with Crippen LogP contribution in [0.3, 0.4) is 0 Å². The lowest BCUT2D eigenvalue weighted by molar-refractivity contribution is -0.138. The van der Waals surface area contributed by atoms with Gasteiger partial charge in [0.15, 0.2) is 0 Å². The van der Waals surface area contributed by atoms with Crippen LogP contribution in [0.15, 0.2) is 22.7 Å². The van der Waals surface area contributed by atoms with Crippen molar-refractivity contribution in [1.29, 1.82) is 0 Å². The molecule has 1 aliphatic heterocycles. The topological polar surface area (TPSA) is 46.2 Å². The standard InChI is InChI=1S/C15H18BrNO2/c1-8(2)14-11(7-13(18)17-15(14)19)10-4-5-12(16)9(3)6-10/h4-6,8,11,14H,7H2,1-3H3,(H,17,18,19). The molecule has 1 N–H and O–H groups in total. The first kappa shape index (κ1) is 14.3. The number of carbonyl (C=O) groups excluding carboxylic acids is 2. The Morgan fingerprint density at radius 1 is 1.32 bits per heavy atom. The summed E-state index contributed by atoms with van der Waals surface area (Å²) in [4.78, 5) is 23.7. The van der Waals surface area contributed by atoms with Gasteiger partial charge in [0.1, 0.15) is 0 Å². The second-order valence-corrected chi connectivity index (χ2v) is 6.36. The van der Waals surface area contributed by atoms with Gasteiger partial charge in [-0.2, -0.15) is 0 Å². The minimum absolute atomic E-state index is 0.0203.